The Balaban J connectivity index is 1.90. The summed E-state index contributed by atoms with van der Waals surface area (Å²) in [5.41, 5.74) is 7.64. The van der Waals surface area contributed by atoms with Crippen LogP contribution in [0, 0.1) is 5.92 Å². The molecule has 7 heteroatoms. The number of hydrogen-bond donors (Lipinski definition) is 2. The highest BCUT2D eigenvalue weighted by atomic mass is 32.2. The van der Waals surface area contributed by atoms with E-state index >= 15 is 0 Å². The number of rotatable bonds is 3. The molecule has 3 N–H and O–H groups in total. The average molecular weight is 323 g/mol. The van der Waals surface area contributed by atoms with Crippen LogP contribution in [0.15, 0.2) is 23.1 Å². The molecule has 1 aromatic carbocycles. The van der Waals surface area contributed by atoms with Crippen molar-refractivity contribution in [1.82, 2.24) is 4.72 Å². The summed E-state index contributed by atoms with van der Waals surface area (Å²) >= 11 is 0. The third-order valence-corrected chi connectivity index (χ3v) is 6.03. The molecule has 0 spiro atoms. The van der Waals surface area contributed by atoms with Crippen molar-refractivity contribution in [1.29, 1.82) is 0 Å². The first-order valence-electron chi connectivity index (χ1n) is 7.56. The van der Waals surface area contributed by atoms with Crippen LogP contribution in [-0.4, -0.2) is 34.0 Å². The highest BCUT2D eigenvalue weighted by Crippen LogP contribution is 2.34. The lowest BCUT2D eigenvalue weighted by molar-refractivity contribution is -0.122. The molecule has 1 amide bonds. The number of hydrogen-bond acceptors (Lipinski definition) is 4. The van der Waals surface area contributed by atoms with Gasteiger partial charge in [0, 0.05) is 24.2 Å². The molecule has 0 aromatic heterocycles. The number of nitrogens with one attached hydrogen (secondary N) is 1. The van der Waals surface area contributed by atoms with Gasteiger partial charge >= 0.3 is 0 Å². The van der Waals surface area contributed by atoms with E-state index in [2.05, 4.69) is 4.72 Å². The van der Waals surface area contributed by atoms with Gasteiger partial charge in [-0.05, 0) is 50.4 Å². The van der Waals surface area contributed by atoms with Gasteiger partial charge in [0.25, 0.3) is 0 Å². The second kappa shape index (κ2) is 5.64. The molecule has 1 heterocycles. The van der Waals surface area contributed by atoms with Gasteiger partial charge in [-0.25, -0.2) is 13.1 Å². The fourth-order valence-corrected chi connectivity index (χ4v) is 4.08. The summed E-state index contributed by atoms with van der Waals surface area (Å²) in [6, 6.07) is 5.09. The molecular weight excluding hydrogens is 302 g/mol. The van der Waals surface area contributed by atoms with E-state index in [1.807, 2.05) is 0 Å². The first-order chi connectivity index (χ1) is 10.4. The maximum absolute atomic E-state index is 12.7. The fourth-order valence-electron chi connectivity index (χ4n) is 3.33. The average Bonchev–Trinajstić information content (AvgIpc) is 3.12. The Labute approximate surface area is 130 Å². The lowest BCUT2D eigenvalue weighted by Gasteiger charge is -2.21. The number of sulfonamides is 1. The summed E-state index contributed by atoms with van der Waals surface area (Å²) in [7, 11) is -2.12. The van der Waals surface area contributed by atoms with Crippen molar-refractivity contribution in [3.05, 3.63) is 23.8 Å². The van der Waals surface area contributed by atoms with Crippen LogP contribution in [0.1, 0.15) is 24.8 Å². The molecule has 2 unspecified atom stereocenters. The molecule has 0 bridgehead atoms. The molecule has 1 saturated carbocycles. The first-order valence-corrected chi connectivity index (χ1v) is 9.04. The minimum absolute atomic E-state index is 0.0366. The van der Waals surface area contributed by atoms with Crippen LogP contribution in [-0.2, 0) is 21.2 Å². The van der Waals surface area contributed by atoms with E-state index in [1.165, 1.54) is 7.05 Å². The van der Waals surface area contributed by atoms with Crippen molar-refractivity contribution in [3.8, 4) is 0 Å². The van der Waals surface area contributed by atoms with Crippen LogP contribution in [0.25, 0.3) is 0 Å². The summed E-state index contributed by atoms with van der Waals surface area (Å²) in [4.78, 5) is 14.6. The summed E-state index contributed by atoms with van der Waals surface area (Å²) < 4.78 is 26.2. The normalized spacial score (nSPS) is 24.5. The van der Waals surface area contributed by atoms with Crippen molar-refractivity contribution < 1.29 is 13.2 Å². The summed E-state index contributed by atoms with van der Waals surface area (Å²) in [6.45, 7) is 0.614. The van der Waals surface area contributed by atoms with E-state index in [1.54, 1.807) is 23.1 Å². The second-order valence-corrected chi connectivity index (χ2v) is 7.89. The lowest BCUT2D eigenvalue weighted by atomic mass is 10.1. The molecule has 1 aliphatic carbocycles. The zero-order valence-electron chi connectivity index (χ0n) is 12.6. The maximum Gasteiger partial charge on any atom is 0.240 e. The molecule has 6 nitrogen and oxygen atoms in total. The van der Waals surface area contributed by atoms with Crippen LogP contribution in [0.4, 0.5) is 5.69 Å². The molecule has 3 rings (SSSR count). The molecule has 120 valence electrons. The summed E-state index contributed by atoms with van der Waals surface area (Å²) in [6.07, 6.45) is 3.19. The topological polar surface area (TPSA) is 92.5 Å². The van der Waals surface area contributed by atoms with Crippen molar-refractivity contribution >= 4 is 21.6 Å². The number of benzene rings is 1. The minimum atomic E-state index is -3.50. The predicted molar refractivity (Wildman–Crippen MR) is 84.1 cm³/mol. The number of nitrogens with zero attached hydrogens (tertiary/aromatic N) is 1. The van der Waals surface area contributed by atoms with Gasteiger partial charge in [0.1, 0.15) is 0 Å². The lowest BCUT2D eigenvalue weighted by Crippen LogP contribution is -2.34. The van der Waals surface area contributed by atoms with E-state index in [0.29, 0.717) is 6.54 Å². The van der Waals surface area contributed by atoms with Crippen molar-refractivity contribution in [2.45, 2.75) is 36.6 Å². The zero-order chi connectivity index (χ0) is 15.9. The van der Waals surface area contributed by atoms with Crippen LogP contribution in [0.5, 0.6) is 0 Å². The van der Waals surface area contributed by atoms with E-state index in [-0.39, 0.29) is 22.8 Å². The molecule has 0 saturated heterocycles. The highest BCUT2D eigenvalue weighted by molar-refractivity contribution is 7.89. The number of carbonyl (C=O) groups excluding carboxylic acids is 1. The Morgan fingerprint density at radius 2 is 2.14 bits per heavy atom. The van der Waals surface area contributed by atoms with Gasteiger partial charge in [-0.2, -0.15) is 0 Å². The van der Waals surface area contributed by atoms with Gasteiger partial charge < -0.3 is 10.6 Å². The number of carbonyl (C=O) groups is 1. The summed E-state index contributed by atoms with van der Waals surface area (Å²) in [5, 5.41) is 0. The Bertz CT molecular complexity index is 702. The number of fused-ring (bicyclic) bond motifs is 1. The standard InChI is InChI=1S/C15H21N3O3S/c1-17-22(20,21)13-5-3-10-6-7-18(14(10)9-13)15(19)11-2-4-12(16)8-11/h3,5,9,11-12,17H,2,4,6-8,16H2,1H3. The van der Waals surface area contributed by atoms with Gasteiger partial charge in [0.15, 0.2) is 0 Å². The molecule has 1 fully saturated rings. The third kappa shape index (κ3) is 2.64. The quantitative estimate of drug-likeness (QED) is 0.852. The fraction of sp³-hybridized carbons (Fsp3) is 0.533. The van der Waals surface area contributed by atoms with Gasteiger partial charge in [-0.1, -0.05) is 6.07 Å². The van der Waals surface area contributed by atoms with Crippen molar-refractivity contribution in [2.24, 2.45) is 11.7 Å². The predicted octanol–water partition coefficient (Wildman–Crippen LogP) is 0.611. The first kappa shape index (κ1) is 15.5. The summed E-state index contributed by atoms with van der Waals surface area (Å²) in [5.74, 6) is 0.0382. The van der Waals surface area contributed by atoms with E-state index in [4.69, 9.17) is 5.73 Å². The molecule has 22 heavy (non-hydrogen) atoms. The van der Waals surface area contributed by atoms with Crippen molar-refractivity contribution in [3.63, 3.8) is 0 Å². The molecule has 2 atom stereocenters. The molecule has 1 aliphatic heterocycles. The highest BCUT2D eigenvalue weighted by Gasteiger charge is 2.34. The zero-order valence-corrected chi connectivity index (χ0v) is 13.4. The Morgan fingerprint density at radius 1 is 1.36 bits per heavy atom. The Hall–Kier alpha value is -1.44. The number of nitrogens with two attached hydrogens (primary N) is 1. The van der Waals surface area contributed by atoms with Crippen molar-refractivity contribution in [2.75, 3.05) is 18.5 Å². The Morgan fingerprint density at radius 3 is 2.77 bits per heavy atom. The smallest absolute Gasteiger partial charge is 0.240 e. The van der Waals surface area contributed by atoms with Crippen LogP contribution >= 0.6 is 0 Å². The Kier molecular flexibility index (Phi) is 3.96. The van der Waals surface area contributed by atoms with Gasteiger partial charge in [-0.3, -0.25) is 4.79 Å². The second-order valence-electron chi connectivity index (χ2n) is 6.01. The van der Waals surface area contributed by atoms with Crippen LogP contribution in [0.2, 0.25) is 0 Å². The van der Waals surface area contributed by atoms with E-state index in [9.17, 15) is 13.2 Å². The largest absolute Gasteiger partial charge is 0.328 e. The van der Waals surface area contributed by atoms with Crippen LogP contribution in [0.3, 0.4) is 0 Å². The number of amides is 1. The van der Waals surface area contributed by atoms with Gasteiger partial charge in [0.2, 0.25) is 15.9 Å². The molecule has 1 aromatic rings. The van der Waals surface area contributed by atoms with E-state index in [0.717, 1.165) is 36.9 Å². The minimum Gasteiger partial charge on any atom is -0.328 e. The third-order valence-electron chi connectivity index (χ3n) is 4.62. The molecule has 2 aliphatic rings. The van der Waals surface area contributed by atoms with E-state index < -0.39 is 10.0 Å². The molecule has 0 radical (unpaired) electrons. The van der Waals surface area contributed by atoms with Gasteiger partial charge in [0.05, 0.1) is 4.90 Å². The van der Waals surface area contributed by atoms with Gasteiger partial charge in [-0.15, -0.1) is 0 Å². The molecular formula is C15H21N3O3S. The maximum atomic E-state index is 12.7. The van der Waals surface area contributed by atoms with Crippen LogP contribution < -0.4 is 15.4 Å². The number of anilines is 1. The monoisotopic (exact) mass is 323 g/mol. The SMILES string of the molecule is CNS(=O)(=O)c1ccc2c(c1)N(C(=O)C1CCC(N)C1)CC2.